The molecule has 0 saturated carbocycles. The van der Waals surface area contributed by atoms with E-state index in [9.17, 15) is 9.18 Å². The largest absolute Gasteiger partial charge is 0.495 e. The monoisotopic (exact) mass is 445 g/mol. The molecule has 0 bridgehead atoms. The summed E-state index contributed by atoms with van der Waals surface area (Å²) in [7, 11) is 1.61. The summed E-state index contributed by atoms with van der Waals surface area (Å²) in [5.74, 6) is 0.332. The number of pyridine rings is 1. The van der Waals surface area contributed by atoms with Crippen LogP contribution in [0.25, 0.3) is 22.0 Å². The molecule has 1 saturated heterocycles. The van der Waals surface area contributed by atoms with Crippen molar-refractivity contribution in [2.24, 2.45) is 0 Å². The summed E-state index contributed by atoms with van der Waals surface area (Å²) >= 11 is 0. The number of rotatable bonds is 4. The number of hydrogen-bond acceptors (Lipinski definition) is 4. The first-order valence-corrected chi connectivity index (χ1v) is 10.8. The second-order valence-corrected chi connectivity index (χ2v) is 8.07. The average Bonchev–Trinajstić information content (AvgIpc) is 3.20. The Morgan fingerprint density at radius 3 is 2.79 bits per heavy atom. The van der Waals surface area contributed by atoms with Gasteiger partial charge in [0.2, 0.25) is 0 Å². The third-order valence-corrected chi connectivity index (χ3v) is 6.14. The Labute approximate surface area is 191 Å². The number of amides is 1. The summed E-state index contributed by atoms with van der Waals surface area (Å²) in [6.45, 7) is 3.23. The van der Waals surface area contributed by atoms with Crippen LogP contribution in [0.2, 0.25) is 0 Å². The number of halogens is 1. The number of aromatic nitrogens is 2. The Hall–Kier alpha value is -3.71. The minimum atomic E-state index is -0.350. The molecule has 33 heavy (non-hydrogen) atoms. The fraction of sp³-hybridized carbons (Fsp3) is 0.231. The number of carbonyl (C=O) groups is 1. The molecule has 2 aromatic heterocycles. The van der Waals surface area contributed by atoms with Gasteiger partial charge in [-0.15, -0.1) is 0 Å². The maximum Gasteiger partial charge on any atom is 0.270 e. The lowest BCUT2D eigenvalue weighted by atomic mass is 10.1. The lowest BCUT2D eigenvalue weighted by Crippen LogP contribution is -2.42. The predicted molar refractivity (Wildman–Crippen MR) is 124 cm³/mol. The number of methoxy groups -OCH3 is 1. The number of carbonyl (C=O) groups excluding carboxylic acids is 1. The molecule has 2 aromatic carbocycles. The van der Waals surface area contributed by atoms with Crippen molar-refractivity contribution in [3.8, 4) is 16.9 Å². The van der Waals surface area contributed by atoms with E-state index in [1.165, 1.54) is 6.07 Å². The van der Waals surface area contributed by atoms with Gasteiger partial charge >= 0.3 is 0 Å². The second kappa shape index (κ2) is 8.67. The fourth-order valence-electron chi connectivity index (χ4n) is 4.33. The van der Waals surface area contributed by atoms with E-state index in [1.54, 1.807) is 36.4 Å². The molecule has 6 nitrogen and oxygen atoms in total. The normalized spacial score (nSPS) is 16.2. The molecular weight excluding hydrogens is 421 g/mol. The van der Waals surface area contributed by atoms with Gasteiger partial charge in [-0.2, -0.15) is 0 Å². The first-order chi connectivity index (χ1) is 16.1. The zero-order chi connectivity index (χ0) is 22.9. The molecule has 1 aliphatic rings. The number of aryl methyl sites for hydroxylation is 1. The average molecular weight is 445 g/mol. The van der Waals surface area contributed by atoms with E-state index >= 15 is 0 Å². The molecule has 3 heterocycles. The molecule has 1 aliphatic heterocycles. The Bertz CT molecular complexity index is 1320. The highest BCUT2D eigenvalue weighted by Gasteiger charge is 2.29. The van der Waals surface area contributed by atoms with Crippen LogP contribution in [0.4, 0.5) is 4.39 Å². The Kier molecular flexibility index (Phi) is 5.56. The number of H-pyrrole nitrogens is 1. The highest BCUT2D eigenvalue weighted by Crippen LogP contribution is 2.31. The molecule has 1 fully saturated rings. The van der Waals surface area contributed by atoms with Crippen molar-refractivity contribution in [1.29, 1.82) is 0 Å². The molecule has 1 unspecified atom stereocenters. The molecule has 7 heteroatoms. The Morgan fingerprint density at radius 2 is 2.03 bits per heavy atom. The third kappa shape index (κ3) is 3.85. The van der Waals surface area contributed by atoms with Crippen molar-refractivity contribution in [2.45, 2.75) is 13.0 Å². The highest BCUT2D eigenvalue weighted by molar-refractivity contribution is 6.02. The maximum atomic E-state index is 14.1. The molecule has 0 radical (unpaired) electrons. The minimum Gasteiger partial charge on any atom is -0.495 e. The number of para-hydroxylation sites is 1. The van der Waals surface area contributed by atoms with E-state index in [4.69, 9.17) is 9.47 Å². The molecule has 0 aliphatic carbocycles. The summed E-state index contributed by atoms with van der Waals surface area (Å²) in [4.78, 5) is 22.9. The van der Waals surface area contributed by atoms with Crippen LogP contribution in [-0.4, -0.2) is 47.6 Å². The van der Waals surface area contributed by atoms with Gasteiger partial charge in [-0.05, 0) is 30.7 Å². The van der Waals surface area contributed by atoms with Crippen LogP contribution < -0.4 is 4.74 Å². The van der Waals surface area contributed by atoms with Crippen molar-refractivity contribution in [3.63, 3.8) is 0 Å². The predicted octanol–water partition coefficient (Wildman–Crippen LogP) is 4.90. The van der Waals surface area contributed by atoms with Gasteiger partial charge in [0.15, 0.2) is 0 Å². The van der Waals surface area contributed by atoms with E-state index in [-0.39, 0.29) is 17.8 Å². The van der Waals surface area contributed by atoms with Crippen LogP contribution in [0.5, 0.6) is 5.75 Å². The number of aromatic amines is 1. The van der Waals surface area contributed by atoms with Crippen molar-refractivity contribution < 1.29 is 18.7 Å². The number of nitrogens with one attached hydrogen (secondary N) is 1. The van der Waals surface area contributed by atoms with Gasteiger partial charge in [0, 0.05) is 29.3 Å². The molecular formula is C26H24FN3O3. The molecule has 1 amide bonds. The van der Waals surface area contributed by atoms with Gasteiger partial charge in [0.05, 0.1) is 31.5 Å². The number of benzene rings is 2. The van der Waals surface area contributed by atoms with Gasteiger partial charge in [-0.25, -0.2) is 4.39 Å². The SMILES string of the molecule is COc1cccc2c(C)c(C(=O)N3CCOC(c4ccc(-c5ccccc5F)cn4)C3)[nH]c12. The molecule has 0 spiro atoms. The van der Waals surface area contributed by atoms with E-state index in [0.29, 0.717) is 48.0 Å². The lowest BCUT2D eigenvalue weighted by molar-refractivity contribution is -0.0249. The third-order valence-electron chi connectivity index (χ3n) is 6.14. The van der Waals surface area contributed by atoms with Crippen LogP contribution in [-0.2, 0) is 4.74 Å². The standard InChI is InChI=1S/C26H24FN3O3/c1-16-18-7-5-9-22(32-2)25(18)29-24(16)26(31)30-12-13-33-23(15-30)21-11-10-17(14-28-21)19-6-3-4-8-20(19)27/h3-11,14,23,29H,12-13,15H2,1-2H3. The summed E-state index contributed by atoms with van der Waals surface area (Å²) in [6, 6.07) is 16.0. The summed E-state index contributed by atoms with van der Waals surface area (Å²) < 4.78 is 25.4. The van der Waals surface area contributed by atoms with E-state index in [0.717, 1.165) is 16.5 Å². The van der Waals surface area contributed by atoms with Crippen molar-refractivity contribution in [3.05, 3.63) is 83.6 Å². The van der Waals surface area contributed by atoms with Crippen molar-refractivity contribution in [1.82, 2.24) is 14.9 Å². The smallest absolute Gasteiger partial charge is 0.270 e. The Morgan fingerprint density at radius 1 is 1.18 bits per heavy atom. The first kappa shape index (κ1) is 21.2. The summed E-state index contributed by atoms with van der Waals surface area (Å²) in [5.41, 5.74) is 4.17. The number of hydrogen-bond donors (Lipinski definition) is 1. The van der Waals surface area contributed by atoms with Gasteiger partial charge in [-0.1, -0.05) is 36.4 Å². The molecule has 4 aromatic rings. The fourth-order valence-corrected chi connectivity index (χ4v) is 4.33. The van der Waals surface area contributed by atoms with E-state index in [2.05, 4.69) is 9.97 Å². The van der Waals surface area contributed by atoms with Crippen LogP contribution in [0.3, 0.4) is 0 Å². The van der Waals surface area contributed by atoms with Crippen molar-refractivity contribution in [2.75, 3.05) is 26.8 Å². The topological polar surface area (TPSA) is 67.4 Å². The van der Waals surface area contributed by atoms with Gasteiger partial charge < -0.3 is 19.4 Å². The number of ether oxygens (including phenoxy) is 2. The first-order valence-electron chi connectivity index (χ1n) is 10.8. The maximum absolute atomic E-state index is 14.1. The van der Waals surface area contributed by atoms with Crippen LogP contribution in [0.1, 0.15) is 27.8 Å². The molecule has 168 valence electrons. The Balaban J connectivity index is 1.37. The van der Waals surface area contributed by atoms with Gasteiger partial charge in [0.25, 0.3) is 5.91 Å². The second-order valence-electron chi connectivity index (χ2n) is 8.07. The highest BCUT2D eigenvalue weighted by atomic mass is 19.1. The summed E-state index contributed by atoms with van der Waals surface area (Å²) in [6.07, 6.45) is 1.29. The van der Waals surface area contributed by atoms with Gasteiger partial charge in [-0.3, -0.25) is 9.78 Å². The number of morpholine rings is 1. The van der Waals surface area contributed by atoms with E-state index < -0.39 is 0 Å². The lowest BCUT2D eigenvalue weighted by Gasteiger charge is -2.32. The molecule has 1 atom stereocenters. The zero-order valence-corrected chi connectivity index (χ0v) is 18.5. The van der Waals surface area contributed by atoms with Crippen molar-refractivity contribution >= 4 is 16.8 Å². The number of nitrogens with zero attached hydrogens (tertiary/aromatic N) is 2. The summed E-state index contributed by atoms with van der Waals surface area (Å²) in [5, 5.41) is 0.966. The van der Waals surface area contributed by atoms with E-state index in [1.807, 2.05) is 37.3 Å². The van der Waals surface area contributed by atoms with Crippen LogP contribution >= 0.6 is 0 Å². The minimum absolute atomic E-state index is 0.0815. The molecule has 1 N–H and O–H groups in total. The van der Waals surface area contributed by atoms with Gasteiger partial charge in [0.1, 0.15) is 23.4 Å². The molecule has 5 rings (SSSR count). The van der Waals surface area contributed by atoms with Crippen LogP contribution in [0.15, 0.2) is 60.8 Å². The zero-order valence-electron chi connectivity index (χ0n) is 18.5. The van der Waals surface area contributed by atoms with Crippen LogP contribution in [0, 0.1) is 12.7 Å². The number of fused-ring (bicyclic) bond motifs is 1. The quantitative estimate of drug-likeness (QED) is 0.485.